The van der Waals surface area contributed by atoms with Gasteiger partial charge in [-0.05, 0) is 24.6 Å². The fraction of sp³-hybridized carbons (Fsp3) is 0.333. The zero-order valence-corrected chi connectivity index (χ0v) is 12.8. The first-order chi connectivity index (χ1) is 10.1. The van der Waals surface area contributed by atoms with Crippen LogP contribution in [-0.2, 0) is 11.2 Å². The number of nitrogens with zero attached hydrogens (tertiary/aromatic N) is 2. The summed E-state index contributed by atoms with van der Waals surface area (Å²) in [5, 5.41) is 1.09. The van der Waals surface area contributed by atoms with E-state index in [-0.39, 0.29) is 5.91 Å². The summed E-state index contributed by atoms with van der Waals surface area (Å²) in [5.41, 5.74) is 0.744. The molecule has 0 N–H and O–H groups in total. The minimum Gasteiger partial charge on any atom is -0.441 e. The van der Waals surface area contributed by atoms with E-state index in [0.717, 1.165) is 25.1 Å². The van der Waals surface area contributed by atoms with E-state index in [1.54, 1.807) is 24.4 Å². The van der Waals surface area contributed by atoms with Crippen LogP contribution in [0.15, 0.2) is 28.8 Å². The van der Waals surface area contributed by atoms with Crippen LogP contribution in [0.1, 0.15) is 18.7 Å². The van der Waals surface area contributed by atoms with E-state index in [1.807, 2.05) is 4.90 Å². The molecular formula is C15H14Cl2N2O2. The van der Waals surface area contributed by atoms with Gasteiger partial charge in [0.05, 0.1) is 11.2 Å². The van der Waals surface area contributed by atoms with E-state index in [9.17, 15) is 4.79 Å². The average Bonchev–Trinajstić information content (AvgIpc) is 2.83. The Bertz CT molecular complexity index is 665. The SMILES string of the molecule is O=C(CCc1ncc(-c2ccc(Cl)cc2Cl)o1)N1CCC1. The van der Waals surface area contributed by atoms with Crippen LogP contribution in [0.3, 0.4) is 0 Å². The Morgan fingerprint density at radius 3 is 2.81 bits per heavy atom. The van der Waals surface area contributed by atoms with Crippen LogP contribution < -0.4 is 0 Å². The molecule has 2 heterocycles. The molecule has 0 aliphatic carbocycles. The Morgan fingerprint density at radius 1 is 1.33 bits per heavy atom. The van der Waals surface area contributed by atoms with Crippen molar-refractivity contribution in [1.82, 2.24) is 9.88 Å². The van der Waals surface area contributed by atoms with Gasteiger partial charge < -0.3 is 9.32 Å². The van der Waals surface area contributed by atoms with Gasteiger partial charge in [-0.15, -0.1) is 0 Å². The fourth-order valence-electron chi connectivity index (χ4n) is 2.18. The molecule has 1 saturated heterocycles. The molecule has 4 nitrogen and oxygen atoms in total. The fourth-order valence-corrected chi connectivity index (χ4v) is 2.68. The number of likely N-dealkylation sites (tertiary alicyclic amines) is 1. The number of benzene rings is 1. The first-order valence-corrected chi connectivity index (χ1v) is 7.57. The Kier molecular flexibility index (Phi) is 4.17. The monoisotopic (exact) mass is 324 g/mol. The van der Waals surface area contributed by atoms with Crippen molar-refractivity contribution in [3.63, 3.8) is 0 Å². The van der Waals surface area contributed by atoms with Crippen LogP contribution in [0, 0.1) is 0 Å². The number of halogens is 2. The highest BCUT2D eigenvalue weighted by Gasteiger charge is 2.20. The second-order valence-corrected chi connectivity index (χ2v) is 5.82. The number of amides is 1. The lowest BCUT2D eigenvalue weighted by molar-refractivity contribution is -0.134. The third-order valence-electron chi connectivity index (χ3n) is 3.51. The molecule has 1 amide bonds. The Balaban J connectivity index is 1.66. The highest BCUT2D eigenvalue weighted by atomic mass is 35.5. The van der Waals surface area contributed by atoms with Crippen LogP contribution in [0.25, 0.3) is 11.3 Å². The molecule has 0 unspecified atom stereocenters. The highest BCUT2D eigenvalue weighted by Crippen LogP contribution is 2.30. The van der Waals surface area contributed by atoms with E-state index < -0.39 is 0 Å². The standard InChI is InChI=1S/C15H14Cl2N2O2/c16-10-2-3-11(12(17)8-10)13-9-18-14(21-13)4-5-15(20)19-6-1-7-19/h2-3,8-9H,1,4-7H2. The molecule has 2 aromatic rings. The van der Waals surface area contributed by atoms with Gasteiger partial charge >= 0.3 is 0 Å². The summed E-state index contributed by atoms with van der Waals surface area (Å²) in [7, 11) is 0. The summed E-state index contributed by atoms with van der Waals surface area (Å²) in [6, 6.07) is 5.20. The maximum Gasteiger partial charge on any atom is 0.223 e. The van der Waals surface area contributed by atoms with E-state index in [1.165, 1.54) is 0 Å². The third-order valence-corrected chi connectivity index (χ3v) is 4.06. The van der Waals surface area contributed by atoms with Crippen molar-refractivity contribution >= 4 is 29.1 Å². The van der Waals surface area contributed by atoms with Crippen molar-refractivity contribution in [2.24, 2.45) is 0 Å². The predicted octanol–water partition coefficient (Wildman–Crippen LogP) is 3.81. The van der Waals surface area contributed by atoms with E-state index in [0.29, 0.717) is 34.5 Å². The molecular weight excluding hydrogens is 311 g/mol. The van der Waals surface area contributed by atoms with Crippen LogP contribution in [0.5, 0.6) is 0 Å². The first-order valence-electron chi connectivity index (χ1n) is 6.81. The van der Waals surface area contributed by atoms with Gasteiger partial charge in [0, 0.05) is 36.5 Å². The zero-order valence-electron chi connectivity index (χ0n) is 11.3. The van der Waals surface area contributed by atoms with Gasteiger partial charge in [0.1, 0.15) is 0 Å². The molecule has 1 aromatic carbocycles. The number of aromatic nitrogens is 1. The minimum absolute atomic E-state index is 0.158. The molecule has 6 heteroatoms. The van der Waals surface area contributed by atoms with E-state index in [4.69, 9.17) is 27.6 Å². The third kappa shape index (κ3) is 3.22. The van der Waals surface area contributed by atoms with Gasteiger partial charge in [0.15, 0.2) is 11.7 Å². The van der Waals surface area contributed by atoms with Gasteiger partial charge in [0.25, 0.3) is 0 Å². The highest BCUT2D eigenvalue weighted by molar-refractivity contribution is 6.36. The van der Waals surface area contributed by atoms with Gasteiger partial charge in [-0.3, -0.25) is 4.79 Å². The minimum atomic E-state index is 0.158. The molecule has 1 fully saturated rings. The molecule has 0 atom stereocenters. The topological polar surface area (TPSA) is 46.3 Å². The second-order valence-electron chi connectivity index (χ2n) is 4.98. The summed E-state index contributed by atoms with van der Waals surface area (Å²) in [6.07, 6.45) is 3.65. The lowest BCUT2D eigenvalue weighted by Crippen LogP contribution is -2.42. The van der Waals surface area contributed by atoms with Gasteiger partial charge in [-0.2, -0.15) is 0 Å². The lowest BCUT2D eigenvalue weighted by atomic mass is 10.2. The van der Waals surface area contributed by atoms with Gasteiger partial charge in [0.2, 0.25) is 5.91 Å². The van der Waals surface area contributed by atoms with E-state index >= 15 is 0 Å². The summed E-state index contributed by atoms with van der Waals surface area (Å²) in [4.78, 5) is 17.8. The molecule has 21 heavy (non-hydrogen) atoms. The Morgan fingerprint density at radius 2 is 2.14 bits per heavy atom. The van der Waals surface area contributed by atoms with Crippen molar-refractivity contribution in [3.8, 4) is 11.3 Å². The molecule has 3 rings (SSSR count). The normalized spacial score (nSPS) is 14.1. The van der Waals surface area contributed by atoms with Crippen LogP contribution in [-0.4, -0.2) is 28.9 Å². The van der Waals surface area contributed by atoms with Gasteiger partial charge in [-0.25, -0.2) is 4.98 Å². The number of oxazole rings is 1. The number of aryl methyl sites for hydroxylation is 1. The number of hydrogen-bond donors (Lipinski definition) is 0. The molecule has 110 valence electrons. The van der Waals surface area contributed by atoms with Crippen LogP contribution >= 0.6 is 23.2 Å². The van der Waals surface area contributed by atoms with Crippen molar-refractivity contribution in [3.05, 3.63) is 40.3 Å². The van der Waals surface area contributed by atoms with Crippen molar-refractivity contribution in [2.75, 3.05) is 13.1 Å². The molecule has 1 aliphatic heterocycles. The van der Waals surface area contributed by atoms with Crippen LogP contribution in [0.4, 0.5) is 0 Å². The maximum atomic E-state index is 11.8. The average molecular weight is 325 g/mol. The van der Waals surface area contributed by atoms with E-state index in [2.05, 4.69) is 4.98 Å². The summed E-state index contributed by atoms with van der Waals surface area (Å²) in [6.45, 7) is 1.74. The summed E-state index contributed by atoms with van der Waals surface area (Å²) in [5.74, 6) is 1.29. The molecule has 1 aliphatic rings. The zero-order chi connectivity index (χ0) is 14.8. The number of hydrogen-bond acceptors (Lipinski definition) is 3. The summed E-state index contributed by atoms with van der Waals surface area (Å²) >= 11 is 12.0. The van der Waals surface area contributed by atoms with Crippen molar-refractivity contribution in [2.45, 2.75) is 19.3 Å². The quantitative estimate of drug-likeness (QED) is 0.859. The van der Waals surface area contributed by atoms with Crippen molar-refractivity contribution in [1.29, 1.82) is 0 Å². The van der Waals surface area contributed by atoms with Crippen molar-refractivity contribution < 1.29 is 9.21 Å². The van der Waals surface area contributed by atoms with Crippen LogP contribution in [0.2, 0.25) is 10.0 Å². The molecule has 0 spiro atoms. The number of rotatable bonds is 4. The molecule has 1 aromatic heterocycles. The lowest BCUT2D eigenvalue weighted by Gasteiger charge is -2.30. The molecule has 0 saturated carbocycles. The maximum absolute atomic E-state index is 11.8. The smallest absolute Gasteiger partial charge is 0.223 e. The number of carbonyl (C=O) groups is 1. The second kappa shape index (κ2) is 6.08. The Hall–Kier alpha value is -1.52. The Labute approximate surface area is 132 Å². The van der Waals surface area contributed by atoms with Gasteiger partial charge in [-0.1, -0.05) is 23.2 Å². The predicted molar refractivity (Wildman–Crippen MR) is 81.5 cm³/mol. The number of carbonyl (C=O) groups excluding carboxylic acids is 1. The largest absolute Gasteiger partial charge is 0.441 e. The molecule has 0 radical (unpaired) electrons. The summed E-state index contributed by atoms with van der Waals surface area (Å²) < 4.78 is 5.66. The molecule has 0 bridgehead atoms. The first kappa shape index (κ1) is 14.4.